The van der Waals surface area contributed by atoms with Crippen LogP contribution >= 0.6 is 11.3 Å². The molecule has 0 unspecified atom stereocenters. The zero-order chi connectivity index (χ0) is 34.9. The zero-order valence-corrected chi connectivity index (χ0v) is 29.7. The van der Waals surface area contributed by atoms with Crippen molar-refractivity contribution in [3.8, 4) is 55.8 Å². The summed E-state index contributed by atoms with van der Waals surface area (Å²) in [4.78, 5) is 10.1. The first-order valence-electron chi connectivity index (χ1n) is 18.2. The van der Waals surface area contributed by atoms with Crippen LogP contribution < -0.4 is 9.80 Å². The molecule has 0 atom stereocenters. The van der Waals surface area contributed by atoms with Gasteiger partial charge in [-0.25, -0.2) is 0 Å². The second kappa shape index (κ2) is 12.0. The first kappa shape index (κ1) is 30.2. The molecule has 0 saturated heterocycles. The molecule has 53 heavy (non-hydrogen) atoms. The van der Waals surface area contributed by atoms with E-state index in [0.717, 1.165) is 29.9 Å². The molecule has 250 valence electrons. The number of pyridine rings is 1. The van der Waals surface area contributed by atoms with Crippen molar-refractivity contribution in [3.05, 3.63) is 176 Å². The largest absolute Gasteiger partial charge is 0.338 e. The fourth-order valence-electron chi connectivity index (χ4n) is 8.56. The summed E-state index contributed by atoms with van der Waals surface area (Å²) in [7, 11) is 0. The van der Waals surface area contributed by atoms with Gasteiger partial charge in [-0.1, -0.05) is 115 Å². The summed E-state index contributed by atoms with van der Waals surface area (Å²) < 4.78 is 2.65. The Labute approximate surface area is 312 Å². The third-order valence-corrected chi connectivity index (χ3v) is 12.2. The molecule has 0 amide bonds. The van der Waals surface area contributed by atoms with E-state index in [1.165, 1.54) is 81.9 Å². The summed E-state index contributed by atoms with van der Waals surface area (Å²) in [6, 6.07) is 62.2. The van der Waals surface area contributed by atoms with E-state index in [2.05, 4.69) is 180 Å². The summed E-state index contributed by atoms with van der Waals surface area (Å²) in [6.45, 7) is 1.74. The molecule has 11 rings (SSSR count). The predicted octanol–water partition coefficient (Wildman–Crippen LogP) is 13.4. The molecular weight excluding hydrogens is 663 g/mol. The van der Waals surface area contributed by atoms with Gasteiger partial charge in [-0.15, -0.1) is 11.3 Å². The third-order valence-electron chi connectivity index (χ3n) is 11.0. The van der Waals surface area contributed by atoms with Crippen LogP contribution in [0.15, 0.2) is 176 Å². The van der Waals surface area contributed by atoms with Crippen LogP contribution in [0.1, 0.15) is 0 Å². The minimum atomic E-state index is 0.870. The molecule has 2 aliphatic rings. The summed E-state index contributed by atoms with van der Waals surface area (Å²) in [5.74, 6) is 0. The number of para-hydroxylation sites is 2. The molecule has 0 fully saturated rings. The Balaban J connectivity index is 1.17. The van der Waals surface area contributed by atoms with E-state index in [4.69, 9.17) is 4.98 Å². The molecule has 0 N–H and O–H groups in total. The summed E-state index contributed by atoms with van der Waals surface area (Å²) in [5.41, 5.74) is 16.6. The Morgan fingerprint density at radius 3 is 1.72 bits per heavy atom. The predicted molar refractivity (Wildman–Crippen MR) is 225 cm³/mol. The molecule has 7 aromatic carbocycles. The second-order valence-electron chi connectivity index (χ2n) is 13.8. The molecule has 4 heteroatoms. The minimum Gasteiger partial charge on any atom is -0.338 e. The van der Waals surface area contributed by atoms with Crippen molar-refractivity contribution in [2.75, 3.05) is 22.9 Å². The van der Waals surface area contributed by atoms with Crippen molar-refractivity contribution in [1.29, 1.82) is 0 Å². The van der Waals surface area contributed by atoms with Crippen LogP contribution in [-0.2, 0) is 0 Å². The number of aromatic nitrogens is 1. The van der Waals surface area contributed by atoms with Crippen LogP contribution in [0.3, 0.4) is 0 Å². The molecule has 0 spiro atoms. The monoisotopic (exact) mass is 695 g/mol. The van der Waals surface area contributed by atoms with Gasteiger partial charge >= 0.3 is 0 Å². The molecule has 1 aliphatic carbocycles. The van der Waals surface area contributed by atoms with Crippen LogP contribution in [0.2, 0.25) is 0 Å². The van der Waals surface area contributed by atoms with E-state index in [9.17, 15) is 0 Å². The number of fused-ring (bicyclic) bond motifs is 12. The Morgan fingerprint density at radius 2 is 0.981 bits per heavy atom. The van der Waals surface area contributed by atoms with E-state index >= 15 is 0 Å². The molecule has 0 saturated carbocycles. The highest BCUT2D eigenvalue weighted by Crippen LogP contribution is 2.53. The van der Waals surface area contributed by atoms with Crippen molar-refractivity contribution in [3.63, 3.8) is 0 Å². The maximum atomic E-state index is 5.17. The third kappa shape index (κ3) is 4.76. The first-order chi connectivity index (χ1) is 26.3. The Hall–Kier alpha value is -6.49. The van der Waals surface area contributed by atoms with E-state index < -0.39 is 0 Å². The number of hydrogen-bond donors (Lipinski definition) is 0. The van der Waals surface area contributed by atoms with Gasteiger partial charge in [0.2, 0.25) is 0 Å². The average Bonchev–Trinajstić information content (AvgIpc) is 3.62. The van der Waals surface area contributed by atoms with Gasteiger partial charge in [0.25, 0.3) is 0 Å². The first-order valence-corrected chi connectivity index (χ1v) is 19.1. The second-order valence-corrected chi connectivity index (χ2v) is 14.9. The smallest absolute Gasteiger partial charge is 0.0787 e. The molecule has 3 heterocycles. The van der Waals surface area contributed by atoms with Gasteiger partial charge in [0.05, 0.1) is 17.1 Å². The molecule has 0 radical (unpaired) electrons. The van der Waals surface area contributed by atoms with Crippen LogP contribution in [0.25, 0.3) is 75.9 Å². The van der Waals surface area contributed by atoms with Crippen LogP contribution in [0.5, 0.6) is 0 Å². The fraction of sp³-hybridized carbons (Fsp3) is 0.0408. The van der Waals surface area contributed by atoms with Gasteiger partial charge in [-0.2, -0.15) is 0 Å². The SMILES string of the molecule is c1ccc(N2CCN(c3ccccc3)c3cc4c(cc32)-c2ccccc2-c2cc(-c3cccc5c3sc3ccccc35)ccc2-c2cccnc2-4)cc1. The van der Waals surface area contributed by atoms with Crippen molar-refractivity contribution < 1.29 is 0 Å². The number of anilines is 4. The van der Waals surface area contributed by atoms with Crippen LogP contribution in [-0.4, -0.2) is 18.1 Å². The van der Waals surface area contributed by atoms with E-state index in [1.54, 1.807) is 0 Å². The maximum Gasteiger partial charge on any atom is 0.0787 e. The summed E-state index contributed by atoms with van der Waals surface area (Å²) in [6.07, 6.45) is 1.94. The molecule has 3 nitrogen and oxygen atoms in total. The van der Waals surface area contributed by atoms with Crippen molar-refractivity contribution in [1.82, 2.24) is 4.98 Å². The van der Waals surface area contributed by atoms with Crippen molar-refractivity contribution in [2.45, 2.75) is 0 Å². The average molecular weight is 696 g/mol. The summed E-state index contributed by atoms with van der Waals surface area (Å²) in [5, 5.41) is 2.64. The number of rotatable bonds is 3. The normalized spacial score (nSPS) is 13.1. The van der Waals surface area contributed by atoms with Gasteiger partial charge < -0.3 is 9.80 Å². The number of nitrogens with zero attached hydrogens (tertiary/aromatic N) is 3. The zero-order valence-electron chi connectivity index (χ0n) is 28.9. The maximum absolute atomic E-state index is 5.17. The van der Waals surface area contributed by atoms with E-state index in [0.29, 0.717) is 0 Å². The Kier molecular flexibility index (Phi) is 6.86. The standard InChI is InChI=1S/C49H33N3S/c1-3-13-33(14-4-1)51-27-28-52(34-15-5-2-6-16-34)46-31-44-43(30-45(46)51)37-18-8-7-17-36(37)42-29-32(24-25-38(42)40-22-12-26-50-48(40)44)35-20-11-21-41-39-19-9-10-23-47(39)53-49(35)41/h1-26,29-31H,27-28H2. The molecule has 9 aromatic rings. The van der Waals surface area contributed by atoms with Crippen molar-refractivity contribution in [2.24, 2.45) is 0 Å². The van der Waals surface area contributed by atoms with Gasteiger partial charge in [0.15, 0.2) is 0 Å². The highest BCUT2D eigenvalue weighted by atomic mass is 32.1. The lowest BCUT2D eigenvalue weighted by Gasteiger charge is -2.40. The van der Waals surface area contributed by atoms with Gasteiger partial charge in [-0.3, -0.25) is 4.98 Å². The number of benzene rings is 7. The number of thiophene rings is 1. The Morgan fingerprint density at radius 1 is 0.415 bits per heavy atom. The molecule has 0 bridgehead atoms. The Bertz CT molecular complexity index is 2860. The van der Waals surface area contributed by atoms with Gasteiger partial charge in [0.1, 0.15) is 0 Å². The van der Waals surface area contributed by atoms with E-state index in [-0.39, 0.29) is 0 Å². The van der Waals surface area contributed by atoms with Crippen molar-refractivity contribution >= 4 is 54.3 Å². The topological polar surface area (TPSA) is 19.4 Å². The molecule has 2 aromatic heterocycles. The lowest BCUT2D eigenvalue weighted by atomic mass is 9.81. The minimum absolute atomic E-state index is 0.870. The highest BCUT2D eigenvalue weighted by Gasteiger charge is 2.30. The van der Waals surface area contributed by atoms with Crippen LogP contribution in [0.4, 0.5) is 22.7 Å². The highest BCUT2D eigenvalue weighted by molar-refractivity contribution is 7.26. The van der Waals surface area contributed by atoms with Gasteiger partial charge in [-0.05, 0) is 93.5 Å². The summed E-state index contributed by atoms with van der Waals surface area (Å²) >= 11 is 1.88. The quantitative estimate of drug-likeness (QED) is 0.183. The fourth-order valence-corrected chi connectivity index (χ4v) is 9.79. The van der Waals surface area contributed by atoms with Gasteiger partial charge in [0, 0.05) is 62.0 Å². The molecular formula is C49H33N3S. The number of hydrogen-bond acceptors (Lipinski definition) is 4. The molecule has 1 aliphatic heterocycles. The van der Waals surface area contributed by atoms with E-state index in [1.807, 2.05) is 17.5 Å². The lowest BCUT2D eigenvalue weighted by Crippen LogP contribution is -2.36. The lowest BCUT2D eigenvalue weighted by molar-refractivity contribution is 0.850. The van der Waals surface area contributed by atoms with Crippen LogP contribution in [0, 0.1) is 0 Å².